The van der Waals surface area contributed by atoms with Crippen LogP contribution >= 0.6 is 0 Å². The molecule has 20 heavy (non-hydrogen) atoms. The van der Waals surface area contributed by atoms with E-state index in [9.17, 15) is 18.0 Å². The number of nitrogens with one attached hydrogen (secondary N) is 2. The molecule has 8 heteroatoms. The number of carbonyl (C=O) groups is 2. The summed E-state index contributed by atoms with van der Waals surface area (Å²) in [6.45, 7) is 5.93. The van der Waals surface area contributed by atoms with E-state index in [0.29, 0.717) is 13.0 Å². The fourth-order valence-corrected chi connectivity index (χ4v) is 3.09. The van der Waals surface area contributed by atoms with Crippen molar-refractivity contribution in [2.45, 2.75) is 45.7 Å². The van der Waals surface area contributed by atoms with Crippen LogP contribution < -0.4 is 10.0 Å². The van der Waals surface area contributed by atoms with Gasteiger partial charge >= 0.3 is 0 Å². The molecule has 1 saturated heterocycles. The van der Waals surface area contributed by atoms with E-state index in [1.165, 1.54) is 4.90 Å². The van der Waals surface area contributed by atoms with Gasteiger partial charge in [-0.1, -0.05) is 13.8 Å². The van der Waals surface area contributed by atoms with Gasteiger partial charge in [-0.05, 0) is 13.3 Å². The van der Waals surface area contributed by atoms with Crippen LogP contribution in [0.25, 0.3) is 0 Å². The van der Waals surface area contributed by atoms with Crippen LogP contribution in [0.2, 0.25) is 0 Å². The van der Waals surface area contributed by atoms with Gasteiger partial charge in [0.25, 0.3) is 0 Å². The third-order valence-electron chi connectivity index (χ3n) is 3.34. The van der Waals surface area contributed by atoms with E-state index in [-0.39, 0.29) is 36.6 Å². The quantitative estimate of drug-likeness (QED) is 0.586. The lowest BCUT2D eigenvalue weighted by atomic mass is 10.2. The van der Waals surface area contributed by atoms with Crippen molar-refractivity contribution in [2.24, 2.45) is 0 Å². The van der Waals surface area contributed by atoms with Gasteiger partial charge in [0.1, 0.15) is 0 Å². The average Bonchev–Trinajstić information content (AvgIpc) is 2.63. The molecule has 2 N–H and O–H groups in total. The van der Waals surface area contributed by atoms with Crippen molar-refractivity contribution in [3.8, 4) is 0 Å². The van der Waals surface area contributed by atoms with Crippen molar-refractivity contribution in [2.75, 3.05) is 18.8 Å². The van der Waals surface area contributed by atoms with Gasteiger partial charge in [-0.25, -0.2) is 13.1 Å². The first-order chi connectivity index (χ1) is 9.32. The summed E-state index contributed by atoms with van der Waals surface area (Å²) >= 11 is 0. The van der Waals surface area contributed by atoms with Crippen LogP contribution in [-0.2, 0) is 19.6 Å². The summed E-state index contributed by atoms with van der Waals surface area (Å²) in [6.07, 6.45) is 0.809. The Hall–Kier alpha value is -0.990. The molecule has 1 rings (SSSR count). The summed E-state index contributed by atoms with van der Waals surface area (Å²) in [6, 6.07) is -0.722. The molecule has 0 radical (unpaired) electrons. The van der Waals surface area contributed by atoms with Gasteiger partial charge in [0, 0.05) is 19.1 Å². The van der Waals surface area contributed by atoms with Gasteiger partial charge in [-0.15, -0.1) is 0 Å². The number of hydrogen-bond acceptors (Lipinski definition) is 5. The van der Waals surface area contributed by atoms with Crippen LogP contribution in [0, 0.1) is 0 Å². The Kier molecular flexibility index (Phi) is 6.09. The third kappa shape index (κ3) is 4.26. The zero-order valence-electron chi connectivity index (χ0n) is 12.2. The zero-order valence-corrected chi connectivity index (χ0v) is 13.0. The van der Waals surface area contributed by atoms with Gasteiger partial charge in [0.15, 0.2) is 0 Å². The lowest BCUT2D eigenvalue weighted by molar-refractivity contribution is -0.141. The summed E-state index contributed by atoms with van der Waals surface area (Å²) < 4.78 is 25.3. The molecule has 1 aliphatic heterocycles. The van der Waals surface area contributed by atoms with Crippen LogP contribution in [0.4, 0.5) is 0 Å². The molecule has 0 aromatic rings. The Morgan fingerprint density at radius 3 is 2.55 bits per heavy atom. The lowest BCUT2D eigenvalue weighted by Gasteiger charge is -2.21. The van der Waals surface area contributed by atoms with E-state index in [1.807, 2.05) is 13.8 Å². The van der Waals surface area contributed by atoms with E-state index in [1.54, 1.807) is 6.92 Å². The first-order valence-corrected chi connectivity index (χ1v) is 8.54. The van der Waals surface area contributed by atoms with Gasteiger partial charge in [-0.2, -0.15) is 0 Å². The van der Waals surface area contributed by atoms with Crippen LogP contribution in [-0.4, -0.2) is 56.1 Å². The first kappa shape index (κ1) is 17.1. The number of carbonyl (C=O) groups excluding carboxylic acids is 2. The van der Waals surface area contributed by atoms with Crippen LogP contribution in [0.3, 0.4) is 0 Å². The Balaban J connectivity index is 2.51. The SMILES string of the molecule is CCNS(=O)(=O)CCNC1CC(=O)N(C(C)CC)C1=O. The largest absolute Gasteiger partial charge is 0.304 e. The lowest BCUT2D eigenvalue weighted by Crippen LogP contribution is -2.44. The molecule has 2 amide bonds. The highest BCUT2D eigenvalue weighted by Gasteiger charge is 2.40. The summed E-state index contributed by atoms with van der Waals surface area (Å²) in [5.74, 6) is -0.566. The molecular formula is C12H23N3O4S. The van der Waals surface area contributed by atoms with E-state index in [4.69, 9.17) is 0 Å². The normalized spacial score (nSPS) is 21.6. The third-order valence-corrected chi connectivity index (χ3v) is 4.81. The number of nitrogens with zero attached hydrogens (tertiary/aromatic N) is 1. The zero-order chi connectivity index (χ0) is 15.3. The summed E-state index contributed by atoms with van der Waals surface area (Å²) in [5, 5.41) is 2.85. The highest BCUT2D eigenvalue weighted by atomic mass is 32.2. The van der Waals surface area contributed by atoms with E-state index in [2.05, 4.69) is 10.0 Å². The van der Waals surface area contributed by atoms with Crippen molar-refractivity contribution < 1.29 is 18.0 Å². The smallest absolute Gasteiger partial charge is 0.247 e. The Morgan fingerprint density at radius 1 is 1.35 bits per heavy atom. The molecule has 0 aromatic heterocycles. The fourth-order valence-electron chi connectivity index (χ4n) is 2.12. The van der Waals surface area contributed by atoms with Gasteiger partial charge in [0.05, 0.1) is 18.2 Å². The van der Waals surface area contributed by atoms with E-state index >= 15 is 0 Å². The summed E-state index contributed by atoms with van der Waals surface area (Å²) in [5.41, 5.74) is 0. The minimum atomic E-state index is -3.31. The number of imide groups is 1. The average molecular weight is 305 g/mol. The molecule has 1 aliphatic rings. The molecule has 0 aromatic carbocycles. The number of sulfonamides is 1. The second-order valence-electron chi connectivity index (χ2n) is 4.89. The maximum Gasteiger partial charge on any atom is 0.247 e. The highest BCUT2D eigenvalue weighted by molar-refractivity contribution is 7.89. The number of rotatable bonds is 8. The molecule has 1 fully saturated rings. The van der Waals surface area contributed by atoms with Crippen molar-refractivity contribution in [1.82, 2.24) is 14.9 Å². The van der Waals surface area contributed by atoms with E-state index in [0.717, 1.165) is 0 Å². The predicted octanol–water partition coefficient (Wildman–Crippen LogP) is -0.559. The Morgan fingerprint density at radius 2 is 2.00 bits per heavy atom. The summed E-state index contributed by atoms with van der Waals surface area (Å²) in [7, 11) is -3.31. The maximum atomic E-state index is 12.1. The van der Waals surface area contributed by atoms with Gasteiger partial charge < -0.3 is 5.32 Å². The monoisotopic (exact) mass is 305 g/mol. The Labute approximate surface area is 120 Å². The van der Waals surface area contributed by atoms with Crippen molar-refractivity contribution in [3.63, 3.8) is 0 Å². The Bertz CT molecular complexity index is 463. The number of hydrogen-bond donors (Lipinski definition) is 2. The molecule has 0 saturated carbocycles. The molecule has 7 nitrogen and oxygen atoms in total. The highest BCUT2D eigenvalue weighted by Crippen LogP contribution is 2.17. The molecule has 2 atom stereocenters. The fraction of sp³-hybridized carbons (Fsp3) is 0.833. The molecule has 0 spiro atoms. The number of likely N-dealkylation sites (tertiary alicyclic amines) is 1. The second kappa shape index (κ2) is 7.14. The van der Waals surface area contributed by atoms with Crippen molar-refractivity contribution in [3.05, 3.63) is 0 Å². The number of amides is 2. The molecule has 116 valence electrons. The molecule has 0 bridgehead atoms. The molecular weight excluding hydrogens is 282 g/mol. The van der Waals surface area contributed by atoms with Crippen LogP contribution in [0.1, 0.15) is 33.6 Å². The molecule has 1 heterocycles. The van der Waals surface area contributed by atoms with Crippen molar-refractivity contribution in [1.29, 1.82) is 0 Å². The second-order valence-corrected chi connectivity index (χ2v) is 6.81. The van der Waals surface area contributed by atoms with E-state index < -0.39 is 16.1 Å². The van der Waals surface area contributed by atoms with Gasteiger partial charge in [-0.3, -0.25) is 14.5 Å². The molecule has 0 aliphatic carbocycles. The standard InChI is InChI=1S/C12H23N3O4S/c1-4-9(3)15-11(16)8-10(12(15)17)13-6-7-20(18,19)14-5-2/h9-10,13-14H,4-8H2,1-3H3. The van der Waals surface area contributed by atoms with Crippen LogP contribution in [0.5, 0.6) is 0 Å². The maximum absolute atomic E-state index is 12.1. The summed E-state index contributed by atoms with van der Waals surface area (Å²) in [4.78, 5) is 25.1. The topological polar surface area (TPSA) is 95.6 Å². The predicted molar refractivity (Wildman–Crippen MR) is 75.5 cm³/mol. The van der Waals surface area contributed by atoms with Crippen molar-refractivity contribution >= 4 is 21.8 Å². The minimum Gasteiger partial charge on any atom is -0.304 e. The molecule has 2 unspecified atom stereocenters. The van der Waals surface area contributed by atoms with Crippen LogP contribution in [0.15, 0.2) is 0 Å². The van der Waals surface area contributed by atoms with Gasteiger partial charge in [0.2, 0.25) is 21.8 Å². The minimum absolute atomic E-state index is 0.102. The first-order valence-electron chi connectivity index (χ1n) is 6.89.